The van der Waals surface area contributed by atoms with Gasteiger partial charge < -0.3 is 14.4 Å². The van der Waals surface area contributed by atoms with Crippen LogP contribution in [0.2, 0.25) is 0 Å². The zero-order valence-corrected chi connectivity index (χ0v) is 31.7. The summed E-state index contributed by atoms with van der Waals surface area (Å²) < 4.78 is 11.4. The summed E-state index contributed by atoms with van der Waals surface area (Å²) in [5.74, 6) is 1.66. The second-order valence-corrected chi connectivity index (χ2v) is 13.9. The number of fused-ring (bicyclic) bond motifs is 1. The highest BCUT2D eigenvalue weighted by Crippen LogP contribution is 2.38. The van der Waals surface area contributed by atoms with Crippen LogP contribution in [0.1, 0.15) is 57.3 Å². The van der Waals surface area contributed by atoms with E-state index >= 15 is 0 Å². The van der Waals surface area contributed by atoms with E-state index in [9.17, 15) is 0 Å². The van der Waals surface area contributed by atoms with E-state index in [4.69, 9.17) is 14.5 Å². The van der Waals surface area contributed by atoms with Gasteiger partial charge in [-0.3, -0.25) is 9.88 Å². The molecule has 1 fully saturated rings. The van der Waals surface area contributed by atoms with Crippen molar-refractivity contribution < 1.29 is 9.47 Å². The minimum atomic E-state index is 0. The van der Waals surface area contributed by atoms with Crippen molar-refractivity contribution in [3.05, 3.63) is 130 Å². The molecule has 5 aromatic rings. The van der Waals surface area contributed by atoms with E-state index < -0.39 is 0 Å². The monoisotopic (exact) mass is 709 g/mol. The number of aryl methyl sites for hydroxylation is 4. The van der Waals surface area contributed by atoms with Crippen molar-refractivity contribution in [2.75, 3.05) is 24.8 Å². The number of hydrogen-bond acceptors (Lipinski definition) is 5. The quantitative estimate of drug-likeness (QED) is 0.160. The third kappa shape index (κ3) is 7.96. The maximum Gasteiger partial charge on any atom is 0.231 e. The normalized spacial score (nSPS) is 14.2. The highest BCUT2D eigenvalue weighted by Gasteiger charge is 2.27. The highest BCUT2D eigenvalue weighted by molar-refractivity contribution is 5.85. The van der Waals surface area contributed by atoms with Crippen LogP contribution in [-0.4, -0.2) is 35.8 Å². The molecule has 50 heavy (non-hydrogen) atoms. The molecule has 3 heterocycles. The fourth-order valence-corrected chi connectivity index (χ4v) is 7.26. The smallest absolute Gasteiger partial charge is 0.231 e. The topological polar surface area (TPSA) is 37.8 Å². The maximum absolute atomic E-state index is 5.80. The summed E-state index contributed by atoms with van der Waals surface area (Å²) in [6.45, 7) is 17.4. The van der Waals surface area contributed by atoms with E-state index in [1.54, 1.807) is 0 Å². The first kappa shape index (κ1) is 37.2. The van der Waals surface area contributed by atoms with Crippen LogP contribution >= 0.6 is 24.8 Å². The van der Waals surface area contributed by atoms with Crippen LogP contribution in [0.15, 0.2) is 85.1 Å². The fraction of sp³-hybridized carbons (Fsp3) is 0.326. The predicted octanol–water partition coefficient (Wildman–Crippen LogP) is 10.5. The number of benzene rings is 4. The van der Waals surface area contributed by atoms with Gasteiger partial charge in [-0.15, -0.1) is 24.8 Å². The molecule has 0 unspecified atom stereocenters. The molecule has 262 valence electrons. The van der Waals surface area contributed by atoms with Gasteiger partial charge >= 0.3 is 0 Å². The van der Waals surface area contributed by atoms with E-state index in [1.165, 1.54) is 66.9 Å². The number of ether oxygens (including phenoxy) is 2. The number of pyridine rings is 1. The molecule has 2 aliphatic rings. The van der Waals surface area contributed by atoms with Crippen LogP contribution in [0.4, 0.5) is 5.69 Å². The summed E-state index contributed by atoms with van der Waals surface area (Å²) in [7, 11) is 0. The van der Waals surface area contributed by atoms with E-state index in [-0.39, 0.29) is 31.6 Å². The predicted molar refractivity (Wildman–Crippen MR) is 212 cm³/mol. The molecule has 1 aromatic heterocycles. The molecule has 0 bridgehead atoms. The number of aromatic nitrogens is 1. The van der Waals surface area contributed by atoms with Crippen LogP contribution in [-0.2, 0) is 13.1 Å². The second kappa shape index (κ2) is 15.9. The number of nitrogens with zero attached hydrogens (tertiary/aromatic N) is 3. The van der Waals surface area contributed by atoms with Gasteiger partial charge in [0.25, 0.3) is 0 Å². The van der Waals surface area contributed by atoms with Crippen LogP contribution < -0.4 is 14.4 Å². The molecule has 0 atom stereocenters. The molecular formula is C43H49Cl2N3O2. The maximum atomic E-state index is 5.80. The van der Waals surface area contributed by atoms with Gasteiger partial charge in [-0.25, -0.2) is 0 Å². The zero-order chi connectivity index (χ0) is 33.4. The summed E-state index contributed by atoms with van der Waals surface area (Å²) in [6.07, 6.45) is 4.17. The molecule has 1 saturated heterocycles. The van der Waals surface area contributed by atoms with Crippen LogP contribution in [0.5, 0.6) is 11.5 Å². The molecule has 0 radical (unpaired) electrons. The van der Waals surface area contributed by atoms with Crippen molar-refractivity contribution in [3.8, 4) is 33.9 Å². The van der Waals surface area contributed by atoms with Gasteiger partial charge in [-0.1, -0.05) is 36.4 Å². The van der Waals surface area contributed by atoms with E-state index in [0.717, 1.165) is 56.2 Å². The molecule has 0 spiro atoms. The minimum Gasteiger partial charge on any atom is -0.454 e. The third-order valence-electron chi connectivity index (χ3n) is 10.7. The minimum absolute atomic E-state index is 0. The Morgan fingerprint density at radius 1 is 0.640 bits per heavy atom. The van der Waals surface area contributed by atoms with Gasteiger partial charge in [-0.2, -0.15) is 0 Å². The molecule has 7 heteroatoms. The Balaban J connectivity index is 0.00000243. The molecule has 4 aromatic carbocycles. The Hall–Kier alpha value is -4.03. The molecule has 0 amide bonds. The Labute approximate surface area is 310 Å². The molecule has 0 N–H and O–H groups in total. The largest absolute Gasteiger partial charge is 0.454 e. The summed E-state index contributed by atoms with van der Waals surface area (Å²) >= 11 is 0. The second-order valence-electron chi connectivity index (χ2n) is 13.9. The number of likely N-dealkylation sites (tertiary alicyclic amines) is 1. The van der Waals surface area contributed by atoms with Crippen molar-refractivity contribution in [2.45, 2.75) is 73.5 Å². The Kier molecular flexibility index (Phi) is 11.8. The number of rotatable bonds is 8. The lowest BCUT2D eigenvalue weighted by molar-refractivity contribution is 0.174. The lowest BCUT2D eigenvalue weighted by Gasteiger charge is -2.40. The van der Waals surface area contributed by atoms with E-state index in [2.05, 4.69) is 130 Å². The molecule has 0 aliphatic carbocycles. The van der Waals surface area contributed by atoms with Crippen molar-refractivity contribution in [2.24, 2.45) is 0 Å². The van der Waals surface area contributed by atoms with Crippen molar-refractivity contribution in [1.82, 2.24) is 9.88 Å². The first-order valence-electron chi connectivity index (χ1n) is 17.3. The number of halogens is 2. The molecule has 7 rings (SSSR count). The number of piperidine rings is 1. The lowest BCUT2D eigenvalue weighted by Crippen LogP contribution is -2.44. The summed E-state index contributed by atoms with van der Waals surface area (Å²) in [5, 5.41) is 0. The standard InChI is InChI=1S/C43H47N3O2.2ClH/c1-28-19-37(20-29(2)32(28)5)36-9-7-34(8-10-36)26-46(40-11-12-42-43(24-40)48-27-47-42)39-14-17-45(18-15-39)25-35-13-16-44-41(23-35)38-21-30(3)33(6)31(4)22-38;;/h7-13,16,19-24,39H,14-15,17-18,25-27H2,1-6H3;2*1H. The number of anilines is 1. The first-order chi connectivity index (χ1) is 23.2. The van der Waals surface area contributed by atoms with Crippen molar-refractivity contribution in [3.63, 3.8) is 0 Å². The molecule has 0 saturated carbocycles. The van der Waals surface area contributed by atoms with Crippen molar-refractivity contribution in [1.29, 1.82) is 0 Å². The van der Waals surface area contributed by atoms with Gasteiger partial charge in [0, 0.05) is 55.7 Å². The third-order valence-corrected chi connectivity index (χ3v) is 10.7. The molecule has 5 nitrogen and oxygen atoms in total. The fourth-order valence-electron chi connectivity index (χ4n) is 7.26. The average Bonchev–Trinajstić information content (AvgIpc) is 3.57. The SMILES string of the molecule is Cc1cc(-c2ccc(CN(c3ccc4c(c3)OCO4)C3CCN(Cc4ccnc(-c5cc(C)c(C)c(C)c5)c4)CC3)cc2)cc(C)c1C.Cl.Cl. The molecular weight excluding hydrogens is 661 g/mol. The van der Waals surface area contributed by atoms with Crippen molar-refractivity contribution >= 4 is 30.5 Å². The lowest BCUT2D eigenvalue weighted by atomic mass is 9.95. The first-order valence-corrected chi connectivity index (χ1v) is 17.3. The van der Waals surface area contributed by atoms with Gasteiger partial charge in [0.05, 0.1) is 5.69 Å². The average molecular weight is 711 g/mol. The van der Waals surface area contributed by atoms with Gasteiger partial charge in [-0.05, 0) is 146 Å². The Morgan fingerprint density at radius 3 is 1.88 bits per heavy atom. The van der Waals surface area contributed by atoms with Crippen LogP contribution in [0.25, 0.3) is 22.4 Å². The van der Waals surface area contributed by atoms with Crippen LogP contribution in [0.3, 0.4) is 0 Å². The Morgan fingerprint density at radius 2 is 1.24 bits per heavy atom. The zero-order valence-electron chi connectivity index (χ0n) is 30.1. The van der Waals surface area contributed by atoms with Gasteiger partial charge in [0.2, 0.25) is 6.79 Å². The summed E-state index contributed by atoms with van der Waals surface area (Å²) in [4.78, 5) is 9.92. The van der Waals surface area contributed by atoms with E-state index in [1.807, 2.05) is 6.20 Å². The van der Waals surface area contributed by atoms with Gasteiger partial charge in [0.1, 0.15) is 0 Å². The molecule has 2 aliphatic heterocycles. The summed E-state index contributed by atoms with van der Waals surface area (Å²) in [6, 6.07) is 29.6. The highest BCUT2D eigenvalue weighted by atomic mass is 35.5. The summed E-state index contributed by atoms with van der Waals surface area (Å²) in [5.41, 5.74) is 16.7. The van der Waals surface area contributed by atoms with Gasteiger partial charge in [0.15, 0.2) is 11.5 Å². The Bertz CT molecular complexity index is 1910. The van der Waals surface area contributed by atoms with E-state index in [0.29, 0.717) is 6.04 Å². The van der Waals surface area contributed by atoms with Crippen LogP contribution in [0, 0.1) is 41.5 Å². The number of hydrogen-bond donors (Lipinski definition) is 0.